The van der Waals surface area contributed by atoms with Gasteiger partial charge in [0.2, 0.25) is 17.7 Å². The molecule has 1 aromatic heterocycles. The van der Waals surface area contributed by atoms with Crippen molar-refractivity contribution in [1.82, 2.24) is 19.6 Å². The Bertz CT molecular complexity index is 929. The van der Waals surface area contributed by atoms with E-state index in [1.807, 2.05) is 41.9 Å². The third-order valence-corrected chi connectivity index (χ3v) is 5.65. The van der Waals surface area contributed by atoms with Crippen molar-refractivity contribution in [1.29, 1.82) is 0 Å². The average Bonchev–Trinajstić information content (AvgIpc) is 3.21. The standard InChI is InChI=1S/C21H25N5O3/c1-15-21(16(2)26(22-15)17-6-4-3-5-7-17)24-12-10-23(11-13-24)20(29)14-25-18(27)8-9-19(25)28/h3-7H,8-14H2,1-2H3. The fourth-order valence-electron chi connectivity index (χ4n) is 4.13. The van der Waals surface area contributed by atoms with Crippen LogP contribution < -0.4 is 4.90 Å². The number of hydrogen-bond donors (Lipinski definition) is 0. The molecule has 8 heteroatoms. The predicted octanol–water partition coefficient (Wildman–Crippen LogP) is 1.29. The molecule has 2 aromatic rings. The fraction of sp³-hybridized carbons (Fsp3) is 0.429. The van der Waals surface area contributed by atoms with Crippen LogP contribution in [0.2, 0.25) is 0 Å². The first kappa shape index (κ1) is 19.2. The van der Waals surface area contributed by atoms with E-state index in [-0.39, 0.29) is 37.1 Å². The summed E-state index contributed by atoms with van der Waals surface area (Å²) >= 11 is 0. The maximum absolute atomic E-state index is 12.6. The van der Waals surface area contributed by atoms with Crippen molar-refractivity contribution >= 4 is 23.4 Å². The number of piperazine rings is 1. The number of aromatic nitrogens is 2. The molecule has 0 saturated carbocycles. The van der Waals surface area contributed by atoms with Crippen LogP contribution in [0.3, 0.4) is 0 Å². The molecule has 3 heterocycles. The van der Waals surface area contributed by atoms with Crippen LogP contribution in [0.1, 0.15) is 24.2 Å². The Hall–Kier alpha value is -3.16. The molecule has 152 valence electrons. The zero-order valence-corrected chi connectivity index (χ0v) is 16.8. The van der Waals surface area contributed by atoms with Gasteiger partial charge in [-0.3, -0.25) is 19.3 Å². The number of imide groups is 1. The molecule has 0 spiro atoms. The van der Waals surface area contributed by atoms with Gasteiger partial charge in [-0.25, -0.2) is 4.68 Å². The second-order valence-corrected chi connectivity index (χ2v) is 7.51. The number of rotatable bonds is 4. The highest BCUT2D eigenvalue weighted by molar-refractivity contribution is 6.04. The summed E-state index contributed by atoms with van der Waals surface area (Å²) in [4.78, 5) is 41.1. The van der Waals surface area contributed by atoms with Gasteiger partial charge in [-0.15, -0.1) is 0 Å². The largest absolute Gasteiger partial charge is 0.365 e. The molecule has 2 aliphatic rings. The van der Waals surface area contributed by atoms with Crippen LogP contribution in [0, 0.1) is 13.8 Å². The van der Waals surface area contributed by atoms with Gasteiger partial charge in [0, 0.05) is 39.0 Å². The molecule has 0 bridgehead atoms. The Morgan fingerprint density at radius 1 is 0.966 bits per heavy atom. The number of anilines is 1. The lowest BCUT2D eigenvalue weighted by molar-refractivity contribution is -0.145. The van der Waals surface area contributed by atoms with E-state index in [4.69, 9.17) is 5.10 Å². The number of para-hydroxylation sites is 1. The quantitative estimate of drug-likeness (QED) is 0.729. The molecule has 0 radical (unpaired) electrons. The van der Waals surface area contributed by atoms with Gasteiger partial charge in [-0.2, -0.15) is 5.10 Å². The number of carbonyl (C=O) groups excluding carboxylic acids is 3. The summed E-state index contributed by atoms with van der Waals surface area (Å²) in [5.74, 6) is -0.662. The van der Waals surface area contributed by atoms with Crippen molar-refractivity contribution < 1.29 is 14.4 Å². The minimum atomic E-state index is -0.249. The maximum Gasteiger partial charge on any atom is 0.242 e. The van der Waals surface area contributed by atoms with Crippen molar-refractivity contribution in [2.45, 2.75) is 26.7 Å². The molecule has 0 aliphatic carbocycles. The second-order valence-electron chi connectivity index (χ2n) is 7.51. The summed E-state index contributed by atoms with van der Waals surface area (Å²) in [6, 6.07) is 10.0. The molecule has 1 aromatic carbocycles. The van der Waals surface area contributed by atoms with Crippen LogP contribution in [-0.4, -0.2) is 70.0 Å². The monoisotopic (exact) mass is 395 g/mol. The van der Waals surface area contributed by atoms with E-state index in [0.29, 0.717) is 26.2 Å². The second kappa shape index (κ2) is 7.69. The number of likely N-dealkylation sites (tertiary alicyclic amines) is 1. The van der Waals surface area contributed by atoms with Crippen molar-refractivity contribution in [2.24, 2.45) is 0 Å². The van der Waals surface area contributed by atoms with Crippen molar-refractivity contribution in [3.63, 3.8) is 0 Å². The lowest BCUT2D eigenvalue weighted by Crippen LogP contribution is -2.52. The van der Waals surface area contributed by atoms with Crippen molar-refractivity contribution in [3.8, 4) is 5.69 Å². The summed E-state index contributed by atoms with van der Waals surface area (Å²) in [5, 5.41) is 4.71. The van der Waals surface area contributed by atoms with Crippen LogP contribution in [0.4, 0.5) is 5.69 Å². The number of hydrogen-bond acceptors (Lipinski definition) is 5. The van der Waals surface area contributed by atoms with E-state index in [0.717, 1.165) is 27.7 Å². The van der Waals surface area contributed by atoms with Gasteiger partial charge in [-0.05, 0) is 26.0 Å². The topological polar surface area (TPSA) is 78.8 Å². The molecule has 2 saturated heterocycles. The third kappa shape index (κ3) is 3.62. The number of amides is 3. The zero-order valence-electron chi connectivity index (χ0n) is 16.8. The van der Waals surface area contributed by atoms with Crippen LogP contribution in [0.15, 0.2) is 30.3 Å². The molecule has 2 aliphatic heterocycles. The summed E-state index contributed by atoms with van der Waals surface area (Å²) in [6.45, 7) is 6.43. The van der Waals surface area contributed by atoms with E-state index < -0.39 is 0 Å². The van der Waals surface area contributed by atoms with E-state index in [9.17, 15) is 14.4 Å². The van der Waals surface area contributed by atoms with E-state index >= 15 is 0 Å². The molecule has 0 N–H and O–H groups in total. The lowest BCUT2D eigenvalue weighted by atomic mass is 10.2. The van der Waals surface area contributed by atoms with Gasteiger partial charge in [0.1, 0.15) is 6.54 Å². The molecule has 8 nitrogen and oxygen atoms in total. The number of carbonyl (C=O) groups is 3. The van der Waals surface area contributed by atoms with Gasteiger partial charge in [0.25, 0.3) is 0 Å². The summed E-state index contributed by atoms with van der Waals surface area (Å²) in [7, 11) is 0. The Morgan fingerprint density at radius 3 is 2.21 bits per heavy atom. The molecular weight excluding hydrogens is 370 g/mol. The first-order valence-corrected chi connectivity index (χ1v) is 9.93. The molecule has 4 rings (SSSR count). The van der Waals surface area contributed by atoms with Gasteiger partial charge in [-0.1, -0.05) is 18.2 Å². The maximum atomic E-state index is 12.6. The third-order valence-electron chi connectivity index (χ3n) is 5.65. The highest BCUT2D eigenvalue weighted by atomic mass is 16.2. The van der Waals surface area contributed by atoms with E-state index in [1.165, 1.54) is 0 Å². The lowest BCUT2D eigenvalue weighted by Gasteiger charge is -2.36. The Kier molecular flexibility index (Phi) is 5.08. The number of benzene rings is 1. The predicted molar refractivity (Wildman–Crippen MR) is 108 cm³/mol. The Morgan fingerprint density at radius 2 is 1.59 bits per heavy atom. The van der Waals surface area contributed by atoms with Gasteiger partial charge in [0.05, 0.1) is 22.8 Å². The first-order valence-electron chi connectivity index (χ1n) is 9.93. The molecule has 3 amide bonds. The molecular formula is C21H25N5O3. The van der Waals surface area contributed by atoms with Crippen LogP contribution in [0.5, 0.6) is 0 Å². The normalized spacial score (nSPS) is 17.4. The highest BCUT2D eigenvalue weighted by Crippen LogP contribution is 2.27. The Balaban J connectivity index is 1.42. The van der Waals surface area contributed by atoms with Gasteiger partial charge in [0.15, 0.2) is 0 Å². The molecule has 2 fully saturated rings. The zero-order chi connectivity index (χ0) is 20.5. The van der Waals surface area contributed by atoms with E-state index in [2.05, 4.69) is 11.8 Å². The smallest absolute Gasteiger partial charge is 0.242 e. The first-order chi connectivity index (χ1) is 14.0. The van der Waals surface area contributed by atoms with Crippen molar-refractivity contribution in [3.05, 3.63) is 41.7 Å². The fourth-order valence-corrected chi connectivity index (χ4v) is 4.13. The average molecular weight is 395 g/mol. The summed E-state index contributed by atoms with van der Waals surface area (Å²) in [6.07, 6.45) is 0.424. The minimum absolute atomic E-state index is 0.137. The summed E-state index contributed by atoms with van der Waals surface area (Å²) < 4.78 is 1.95. The van der Waals surface area contributed by atoms with Crippen LogP contribution >= 0.6 is 0 Å². The van der Waals surface area contributed by atoms with Gasteiger partial charge >= 0.3 is 0 Å². The number of aryl methyl sites for hydroxylation is 1. The van der Waals surface area contributed by atoms with E-state index in [1.54, 1.807) is 4.90 Å². The van der Waals surface area contributed by atoms with Crippen molar-refractivity contribution in [2.75, 3.05) is 37.6 Å². The minimum Gasteiger partial charge on any atom is -0.365 e. The Labute approximate surface area is 169 Å². The highest BCUT2D eigenvalue weighted by Gasteiger charge is 2.33. The molecule has 0 unspecified atom stereocenters. The van der Waals surface area contributed by atoms with Crippen LogP contribution in [-0.2, 0) is 14.4 Å². The molecule has 0 atom stereocenters. The van der Waals surface area contributed by atoms with Crippen LogP contribution in [0.25, 0.3) is 5.69 Å². The molecule has 29 heavy (non-hydrogen) atoms. The number of nitrogens with zero attached hydrogens (tertiary/aromatic N) is 5. The van der Waals surface area contributed by atoms with Gasteiger partial charge < -0.3 is 9.80 Å². The summed E-state index contributed by atoms with van der Waals surface area (Å²) in [5.41, 5.74) is 4.15. The SMILES string of the molecule is Cc1nn(-c2ccccc2)c(C)c1N1CCN(C(=O)CN2C(=O)CCC2=O)CC1.